The zero-order valence-corrected chi connectivity index (χ0v) is 22.1. The number of fused-ring (bicyclic) bond motifs is 4. The van der Waals surface area contributed by atoms with Gasteiger partial charge in [-0.05, 0) is 72.9 Å². The highest BCUT2D eigenvalue weighted by Crippen LogP contribution is 2.62. The Kier molecular flexibility index (Phi) is 5.92. The van der Waals surface area contributed by atoms with Crippen molar-refractivity contribution < 1.29 is 24.2 Å². The van der Waals surface area contributed by atoms with Crippen molar-refractivity contribution in [1.82, 2.24) is 15.2 Å². The first kappa shape index (κ1) is 25.1. The van der Waals surface area contributed by atoms with E-state index in [0.717, 1.165) is 47.6 Å². The molecule has 1 unspecified atom stereocenters. The molecule has 3 N–H and O–H groups in total. The van der Waals surface area contributed by atoms with E-state index in [1.165, 1.54) is 20.0 Å². The molecule has 6 rings (SSSR count). The van der Waals surface area contributed by atoms with Crippen molar-refractivity contribution in [3.8, 4) is 5.75 Å². The van der Waals surface area contributed by atoms with Crippen molar-refractivity contribution in [3.05, 3.63) is 62.6 Å². The average Bonchev–Trinajstić information content (AvgIpc) is 3.68. The average molecular weight is 522 g/mol. The predicted octanol–water partition coefficient (Wildman–Crippen LogP) is 1.48. The summed E-state index contributed by atoms with van der Waals surface area (Å²) < 4.78 is 10.2. The number of aryl methyl sites for hydroxylation is 1. The van der Waals surface area contributed by atoms with Crippen LogP contribution in [0, 0.1) is 18.8 Å². The third kappa shape index (κ3) is 3.78. The van der Waals surface area contributed by atoms with Crippen LogP contribution in [-0.4, -0.2) is 72.4 Å². The van der Waals surface area contributed by atoms with Gasteiger partial charge in [-0.1, -0.05) is 6.07 Å². The van der Waals surface area contributed by atoms with Crippen LogP contribution in [0.15, 0.2) is 29.1 Å². The largest absolute Gasteiger partial charge is 0.497 e. The summed E-state index contributed by atoms with van der Waals surface area (Å²) in [4.78, 5) is 42.7. The van der Waals surface area contributed by atoms with Crippen molar-refractivity contribution in [2.24, 2.45) is 11.8 Å². The van der Waals surface area contributed by atoms with Crippen LogP contribution in [0.2, 0.25) is 0 Å². The van der Waals surface area contributed by atoms with E-state index in [1.807, 2.05) is 18.2 Å². The van der Waals surface area contributed by atoms with Crippen LogP contribution in [0.3, 0.4) is 0 Å². The van der Waals surface area contributed by atoms with Crippen LogP contribution in [0.25, 0.3) is 0 Å². The van der Waals surface area contributed by atoms with Crippen molar-refractivity contribution in [1.29, 1.82) is 0 Å². The fraction of sp³-hybridized carbons (Fsp3) is 0.552. The summed E-state index contributed by atoms with van der Waals surface area (Å²) in [6.07, 6.45) is 4.12. The molecule has 3 fully saturated rings. The molecule has 9 nitrogen and oxygen atoms in total. The number of benzene rings is 1. The lowest BCUT2D eigenvalue weighted by atomic mass is 9.59. The second-order valence-electron chi connectivity index (χ2n) is 11.6. The molecule has 1 aliphatic heterocycles. The second-order valence-corrected chi connectivity index (χ2v) is 11.6. The fourth-order valence-corrected chi connectivity index (χ4v) is 7.46. The van der Waals surface area contributed by atoms with Crippen molar-refractivity contribution in [3.63, 3.8) is 0 Å². The van der Waals surface area contributed by atoms with Crippen molar-refractivity contribution >= 4 is 11.9 Å². The van der Waals surface area contributed by atoms with Crippen molar-refractivity contribution in [2.45, 2.75) is 56.1 Å². The normalized spacial score (nSPS) is 29.5. The van der Waals surface area contributed by atoms with Crippen molar-refractivity contribution in [2.75, 3.05) is 33.9 Å². The molecule has 1 saturated heterocycles. The number of rotatable bonds is 7. The number of esters is 1. The van der Waals surface area contributed by atoms with Gasteiger partial charge in [-0.2, -0.15) is 0 Å². The molecular formula is C29H35N3O6. The first-order chi connectivity index (χ1) is 18.2. The third-order valence-electron chi connectivity index (χ3n) is 9.41. The molecule has 4 aliphatic rings. The van der Waals surface area contributed by atoms with E-state index in [0.29, 0.717) is 24.7 Å². The first-order valence-corrected chi connectivity index (χ1v) is 13.4. The van der Waals surface area contributed by atoms with E-state index >= 15 is 0 Å². The van der Waals surface area contributed by atoms with Gasteiger partial charge in [0.15, 0.2) is 0 Å². The summed E-state index contributed by atoms with van der Waals surface area (Å²) >= 11 is 0. The Bertz CT molecular complexity index is 1370. The third-order valence-corrected chi connectivity index (χ3v) is 9.41. The van der Waals surface area contributed by atoms with Gasteiger partial charge in [0.05, 0.1) is 19.8 Å². The number of ether oxygens (including phenoxy) is 2. The minimum atomic E-state index is -1.08. The lowest BCUT2D eigenvalue weighted by molar-refractivity contribution is -0.139. The molecule has 1 aromatic heterocycles. The molecule has 2 saturated carbocycles. The number of likely N-dealkylation sites (tertiary alicyclic amines) is 1. The van der Waals surface area contributed by atoms with E-state index in [4.69, 9.17) is 4.74 Å². The summed E-state index contributed by atoms with van der Waals surface area (Å²) in [6.45, 7) is 3.73. The van der Waals surface area contributed by atoms with E-state index in [-0.39, 0.29) is 18.2 Å². The van der Waals surface area contributed by atoms with Gasteiger partial charge in [0.25, 0.3) is 11.5 Å². The number of carbonyl (C=O) groups is 2. The highest BCUT2D eigenvalue weighted by molar-refractivity contribution is 5.95. The molecule has 202 valence electrons. The van der Waals surface area contributed by atoms with E-state index in [2.05, 4.69) is 26.9 Å². The fourth-order valence-electron chi connectivity index (χ4n) is 7.46. The number of pyridine rings is 1. The second kappa shape index (κ2) is 8.95. The Balaban J connectivity index is 1.43. The van der Waals surface area contributed by atoms with Crippen LogP contribution in [0.5, 0.6) is 5.75 Å². The SMILES string of the molecule is COC(=O)CNC(=O)c1cc2c([nH]c1=O)C[C@@]1(c3cc(OC)ccc3C)CC3CN(CC4CC4)[C@H]3[C@]1(O)C2. The molecule has 38 heavy (non-hydrogen) atoms. The zero-order chi connectivity index (χ0) is 26.8. The number of amides is 1. The Morgan fingerprint density at radius 1 is 1.21 bits per heavy atom. The highest BCUT2D eigenvalue weighted by Gasteiger charge is 2.70. The number of aromatic amines is 1. The van der Waals surface area contributed by atoms with Gasteiger partial charge >= 0.3 is 5.97 Å². The maximum absolute atomic E-state index is 13.0. The number of aliphatic hydroxyl groups is 1. The van der Waals surface area contributed by atoms with Gasteiger partial charge < -0.3 is 24.9 Å². The Morgan fingerprint density at radius 3 is 2.71 bits per heavy atom. The molecule has 3 aliphatic carbocycles. The minimum Gasteiger partial charge on any atom is -0.497 e. The van der Waals surface area contributed by atoms with E-state index < -0.39 is 28.5 Å². The summed E-state index contributed by atoms with van der Waals surface area (Å²) in [5.74, 6) is 0.570. The van der Waals surface area contributed by atoms with Crippen LogP contribution in [-0.2, 0) is 27.8 Å². The molecule has 1 amide bonds. The van der Waals surface area contributed by atoms with Gasteiger partial charge in [0.1, 0.15) is 17.9 Å². The topological polar surface area (TPSA) is 121 Å². The van der Waals surface area contributed by atoms with Crippen LogP contribution < -0.4 is 15.6 Å². The maximum atomic E-state index is 13.0. The monoisotopic (exact) mass is 521 g/mol. The highest BCUT2D eigenvalue weighted by atomic mass is 16.5. The van der Waals surface area contributed by atoms with E-state index in [9.17, 15) is 19.5 Å². The Labute approximate surface area is 221 Å². The molecule has 0 bridgehead atoms. The standard InChI is InChI=1S/C29H35N3O6/c1-16-4-7-20(37-2)9-22(16)28-10-19-15-32(14-17-5-6-17)25(19)29(28,36)11-18-8-21(27(35)31-23(18)12-28)26(34)30-13-24(33)38-3/h4,7-9,17,19,25,36H,5-6,10-15H2,1-3H3,(H,30,34)(H,31,35)/t19?,25-,28-,29-/m1/s1. The van der Waals surface area contributed by atoms with Crippen LogP contribution in [0.1, 0.15) is 52.0 Å². The molecule has 0 spiro atoms. The molecule has 9 heteroatoms. The smallest absolute Gasteiger partial charge is 0.325 e. The number of nitrogens with zero attached hydrogens (tertiary/aromatic N) is 1. The minimum absolute atomic E-state index is 0.0189. The van der Waals surface area contributed by atoms with Crippen LogP contribution in [0.4, 0.5) is 0 Å². The molecule has 2 aromatic rings. The van der Waals surface area contributed by atoms with E-state index in [1.54, 1.807) is 13.2 Å². The number of nitrogens with one attached hydrogen (secondary N) is 2. The summed E-state index contributed by atoms with van der Waals surface area (Å²) in [6, 6.07) is 7.64. The first-order valence-electron chi connectivity index (χ1n) is 13.4. The lowest BCUT2D eigenvalue weighted by Gasteiger charge is -2.55. The summed E-state index contributed by atoms with van der Waals surface area (Å²) in [5, 5.41) is 15.3. The quantitative estimate of drug-likeness (QED) is 0.472. The number of methoxy groups -OCH3 is 2. The summed E-state index contributed by atoms with van der Waals surface area (Å²) in [5.41, 5.74) is 1.42. The number of hydrogen-bond acceptors (Lipinski definition) is 7. The Morgan fingerprint density at radius 2 is 2.00 bits per heavy atom. The maximum Gasteiger partial charge on any atom is 0.325 e. The van der Waals surface area contributed by atoms with Gasteiger partial charge in [0, 0.05) is 43.1 Å². The summed E-state index contributed by atoms with van der Waals surface area (Å²) in [7, 11) is 2.88. The van der Waals surface area contributed by atoms with Gasteiger partial charge in [-0.15, -0.1) is 0 Å². The van der Waals surface area contributed by atoms with Crippen LogP contribution >= 0.6 is 0 Å². The van der Waals surface area contributed by atoms with Gasteiger partial charge in [-0.25, -0.2) is 0 Å². The molecule has 0 radical (unpaired) electrons. The zero-order valence-electron chi connectivity index (χ0n) is 22.1. The molecule has 1 aromatic carbocycles. The molecule has 4 atom stereocenters. The molecular weight excluding hydrogens is 486 g/mol. The lowest BCUT2D eigenvalue weighted by Crippen LogP contribution is -2.68. The number of carbonyl (C=O) groups excluding carboxylic acids is 2. The molecule has 2 heterocycles. The van der Waals surface area contributed by atoms with Gasteiger partial charge in [0.2, 0.25) is 0 Å². The number of aromatic nitrogens is 1. The predicted molar refractivity (Wildman–Crippen MR) is 139 cm³/mol. The van der Waals surface area contributed by atoms with Gasteiger partial charge in [-0.3, -0.25) is 19.3 Å². The number of H-pyrrole nitrogens is 1. The Hall–Kier alpha value is -3.17. The number of hydrogen-bond donors (Lipinski definition) is 3.